The molecule has 0 aliphatic heterocycles. The van der Waals surface area contributed by atoms with Gasteiger partial charge in [-0.05, 0) is 37.9 Å². The van der Waals surface area contributed by atoms with Crippen molar-refractivity contribution in [3.8, 4) is 0 Å². The normalized spacial score (nSPS) is 23.4. The predicted molar refractivity (Wildman–Crippen MR) is 72.8 cm³/mol. The maximum Gasteiger partial charge on any atom is 0.393 e. The predicted octanol–water partition coefficient (Wildman–Crippen LogP) is 3.90. The Morgan fingerprint density at radius 3 is 2.81 bits per heavy atom. The van der Waals surface area contributed by atoms with Gasteiger partial charge in [0.15, 0.2) is 0 Å². The Balaban J connectivity index is 1.60. The maximum absolute atomic E-state index is 12.9. The summed E-state index contributed by atoms with van der Waals surface area (Å²) in [7, 11) is 0. The van der Waals surface area contributed by atoms with Crippen LogP contribution in [0.5, 0.6) is 0 Å². The SMILES string of the molecule is FC(F)(F)C1CCCCC1NCCCOCc1ccco1. The molecule has 21 heavy (non-hydrogen) atoms. The number of alkyl halides is 3. The molecule has 1 fully saturated rings. The van der Waals surface area contributed by atoms with Gasteiger partial charge in [-0.15, -0.1) is 0 Å². The second kappa shape index (κ2) is 7.84. The van der Waals surface area contributed by atoms with Crippen LogP contribution in [0.4, 0.5) is 13.2 Å². The summed E-state index contributed by atoms with van der Waals surface area (Å²) in [4.78, 5) is 0. The van der Waals surface area contributed by atoms with Crippen LogP contribution >= 0.6 is 0 Å². The number of halogens is 3. The Morgan fingerprint density at radius 1 is 1.29 bits per heavy atom. The molecule has 0 saturated heterocycles. The molecule has 0 amide bonds. The van der Waals surface area contributed by atoms with Crippen molar-refractivity contribution in [2.75, 3.05) is 13.2 Å². The van der Waals surface area contributed by atoms with Gasteiger partial charge in [0.2, 0.25) is 0 Å². The van der Waals surface area contributed by atoms with Gasteiger partial charge < -0.3 is 14.5 Å². The molecule has 0 radical (unpaired) electrons. The Morgan fingerprint density at radius 2 is 2.10 bits per heavy atom. The number of ether oxygens (including phenoxy) is 1. The fraction of sp³-hybridized carbons (Fsp3) is 0.733. The molecule has 1 N–H and O–H groups in total. The zero-order valence-electron chi connectivity index (χ0n) is 12.0. The number of hydrogen-bond donors (Lipinski definition) is 1. The molecule has 1 heterocycles. The van der Waals surface area contributed by atoms with Crippen molar-refractivity contribution in [2.24, 2.45) is 5.92 Å². The minimum atomic E-state index is -4.09. The van der Waals surface area contributed by atoms with E-state index in [2.05, 4.69) is 5.32 Å². The molecule has 3 nitrogen and oxygen atoms in total. The molecule has 0 bridgehead atoms. The van der Waals surface area contributed by atoms with E-state index in [0.29, 0.717) is 39.0 Å². The van der Waals surface area contributed by atoms with E-state index in [1.165, 1.54) is 0 Å². The lowest BCUT2D eigenvalue weighted by Gasteiger charge is -2.33. The molecule has 1 aliphatic carbocycles. The highest BCUT2D eigenvalue weighted by Crippen LogP contribution is 2.37. The summed E-state index contributed by atoms with van der Waals surface area (Å²) < 4.78 is 49.2. The zero-order valence-corrected chi connectivity index (χ0v) is 12.0. The van der Waals surface area contributed by atoms with Gasteiger partial charge in [0.05, 0.1) is 12.2 Å². The highest BCUT2D eigenvalue weighted by Gasteiger charge is 2.45. The molecule has 1 aliphatic rings. The van der Waals surface area contributed by atoms with Crippen LogP contribution in [0.1, 0.15) is 37.9 Å². The fourth-order valence-electron chi connectivity index (χ4n) is 2.80. The Hall–Kier alpha value is -1.01. The van der Waals surface area contributed by atoms with Gasteiger partial charge >= 0.3 is 6.18 Å². The van der Waals surface area contributed by atoms with Crippen LogP contribution in [0.2, 0.25) is 0 Å². The average Bonchev–Trinajstić information content (AvgIpc) is 2.95. The summed E-state index contributed by atoms with van der Waals surface area (Å²) >= 11 is 0. The lowest BCUT2D eigenvalue weighted by Crippen LogP contribution is -2.45. The number of hydrogen-bond acceptors (Lipinski definition) is 3. The van der Waals surface area contributed by atoms with E-state index < -0.39 is 18.1 Å². The first-order valence-electron chi connectivity index (χ1n) is 7.47. The second-order valence-electron chi connectivity index (χ2n) is 5.48. The van der Waals surface area contributed by atoms with Crippen molar-refractivity contribution in [1.29, 1.82) is 0 Å². The minimum Gasteiger partial charge on any atom is -0.467 e. The summed E-state index contributed by atoms with van der Waals surface area (Å²) in [5.74, 6) is -0.442. The number of nitrogens with one attached hydrogen (secondary N) is 1. The van der Waals surface area contributed by atoms with Crippen molar-refractivity contribution in [3.05, 3.63) is 24.2 Å². The van der Waals surface area contributed by atoms with E-state index in [0.717, 1.165) is 12.2 Å². The molecule has 120 valence electrons. The standard InChI is InChI=1S/C15H22F3NO2/c16-15(17,18)13-6-1-2-7-14(13)19-8-4-9-20-11-12-5-3-10-21-12/h3,5,10,13-14,19H,1-2,4,6-9,11H2. The topological polar surface area (TPSA) is 34.4 Å². The number of furan rings is 1. The monoisotopic (exact) mass is 305 g/mol. The molecule has 1 saturated carbocycles. The summed E-state index contributed by atoms with van der Waals surface area (Å²) in [6.45, 7) is 1.47. The lowest BCUT2D eigenvalue weighted by atomic mass is 9.84. The Bertz CT molecular complexity index is 392. The van der Waals surface area contributed by atoms with Gasteiger partial charge in [-0.2, -0.15) is 13.2 Å². The third kappa shape index (κ3) is 5.36. The molecule has 6 heteroatoms. The van der Waals surface area contributed by atoms with Gasteiger partial charge in [0.1, 0.15) is 12.4 Å². The van der Waals surface area contributed by atoms with E-state index in [1.807, 2.05) is 6.07 Å². The van der Waals surface area contributed by atoms with E-state index in [9.17, 15) is 13.2 Å². The van der Waals surface area contributed by atoms with Crippen molar-refractivity contribution < 1.29 is 22.3 Å². The van der Waals surface area contributed by atoms with Crippen LogP contribution < -0.4 is 5.32 Å². The van der Waals surface area contributed by atoms with E-state index >= 15 is 0 Å². The van der Waals surface area contributed by atoms with Gasteiger partial charge in [-0.25, -0.2) is 0 Å². The van der Waals surface area contributed by atoms with Gasteiger partial charge in [0, 0.05) is 12.6 Å². The Labute approximate surface area is 122 Å². The van der Waals surface area contributed by atoms with Crippen LogP contribution in [-0.2, 0) is 11.3 Å². The lowest BCUT2D eigenvalue weighted by molar-refractivity contribution is -0.188. The first-order chi connectivity index (χ1) is 10.1. The van der Waals surface area contributed by atoms with Crippen LogP contribution in [0.15, 0.2) is 22.8 Å². The second-order valence-corrected chi connectivity index (χ2v) is 5.48. The van der Waals surface area contributed by atoms with Crippen LogP contribution in [0.25, 0.3) is 0 Å². The maximum atomic E-state index is 12.9. The third-order valence-corrected chi connectivity index (χ3v) is 3.88. The van der Waals surface area contributed by atoms with E-state index in [1.54, 1.807) is 12.3 Å². The average molecular weight is 305 g/mol. The van der Waals surface area contributed by atoms with Gasteiger partial charge in [0.25, 0.3) is 0 Å². The highest BCUT2D eigenvalue weighted by atomic mass is 19.4. The molecule has 0 aromatic carbocycles. The minimum absolute atomic E-state index is 0.246. The molecule has 2 atom stereocenters. The smallest absolute Gasteiger partial charge is 0.393 e. The summed E-state index contributed by atoms with van der Waals surface area (Å²) in [6.07, 6.45) is 0.595. The number of rotatable bonds is 7. The van der Waals surface area contributed by atoms with E-state index in [4.69, 9.17) is 9.15 Å². The summed E-state index contributed by atoms with van der Waals surface area (Å²) in [6, 6.07) is 3.18. The van der Waals surface area contributed by atoms with Gasteiger partial charge in [-0.1, -0.05) is 12.8 Å². The van der Waals surface area contributed by atoms with Crippen molar-refractivity contribution in [1.82, 2.24) is 5.32 Å². The quantitative estimate of drug-likeness (QED) is 0.776. The van der Waals surface area contributed by atoms with Crippen LogP contribution in [0, 0.1) is 5.92 Å². The molecule has 1 aromatic rings. The highest BCUT2D eigenvalue weighted by molar-refractivity contribution is 4.96. The summed E-state index contributed by atoms with van der Waals surface area (Å²) in [5, 5.41) is 3.05. The first kappa shape index (κ1) is 16.4. The third-order valence-electron chi connectivity index (χ3n) is 3.88. The van der Waals surface area contributed by atoms with Gasteiger partial charge in [-0.3, -0.25) is 0 Å². The molecular weight excluding hydrogens is 283 g/mol. The van der Waals surface area contributed by atoms with Crippen LogP contribution in [0.3, 0.4) is 0 Å². The fourth-order valence-corrected chi connectivity index (χ4v) is 2.80. The van der Waals surface area contributed by atoms with Crippen LogP contribution in [-0.4, -0.2) is 25.4 Å². The van der Waals surface area contributed by atoms with Crippen molar-refractivity contribution in [2.45, 2.75) is 50.9 Å². The molecule has 2 rings (SSSR count). The first-order valence-corrected chi connectivity index (χ1v) is 7.47. The molecule has 2 unspecified atom stereocenters. The molecular formula is C15H22F3NO2. The summed E-state index contributed by atoms with van der Waals surface area (Å²) in [5.41, 5.74) is 0. The Kier molecular flexibility index (Phi) is 6.11. The largest absolute Gasteiger partial charge is 0.467 e. The van der Waals surface area contributed by atoms with Crippen molar-refractivity contribution >= 4 is 0 Å². The molecule has 1 aromatic heterocycles. The van der Waals surface area contributed by atoms with Crippen molar-refractivity contribution in [3.63, 3.8) is 0 Å². The van der Waals surface area contributed by atoms with E-state index in [-0.39, 0.29) is 6.42 Å². The molecule has 0 spiro atoms. The zero-order chi connectivity index (χ0) is 15.1.